The second-order valence-electron chi connectivity index (χ2n) is 11.5. The van der Waals surface area contributed by atoms with Crippen LogP contribution in [0.15, 0.2) is 79.1 Å². The molecule has 1 aliphatic carbocycles. The average Bonchev–Trinajstić information content (AvgIpc) is 3.91. The molecule has 268 valence electrons. The number of halogens is 5. The van der Waals surface area contributed by atoms with Gasteiger partial charge in [0.1, 0.15) is 28.5 Å². The van der Waals surface area contributed by atoms with Crippen LogP contribution in [0.5, 0.6) is 11.5 Å². The van der Waals surface area contributed by atoms with E-state index in [4.69, 9.17) is 32.7 Å². The summed E-state index contributed by atoms with van der Waals surface area (Å²) in [7, 11) is 0. The molecule has 2 unspecified atom stereocenters. The molecule has 1 saturated carbocycles. The number of alkyl halides is 2. The van der Waals surface area contributed by atoms with Crippen molar-refractivity contribution in [2.45, 2.75) is 38.0 Å². The summed E-state index contributed by atoms with van der Waals surface area (Å²) in [5.41, 5.74) is 0.990. The lowest BCUT2D eigenvalue weighted by atomic mass is 10.0. The van der Waals surface area contributed by atoms with E-state index >= 15 is 0 Å². The zero-order valence-electron chi connectivity index (χ0n) is 26.5. The maximum atomic E-state index is 13.7. The van der Waals surface area contributed by atoms with Gasteiger partial charge in [-0.2, -0.15) is 13.5 Å². The second kappa shape index (κ2) is 16.7. The first-order chi connectivity index (χ1) is 24.4. The third-order valence-corrected chi connectivity index (χ3v) is 8.36. The number of pyridine rings is 1. The van der Waals surface area contributed by atoms with Gasteiger partial charge in [0.2, 0.25) is 0 Å². The Hall–Kier alpha value is -5.21. The maximum absolute atomic E-state index is 13.7. The van der Waals surface area contributed by atoms with E-state index in [9.17, 15) is 37.9 Å². The van der Waals surface area contributed by atoms with E-state index in [1.807, 2.05) is 0 Å². The second-order valence-corrected chi connectivity index (χ2v) is 12.4. The number of rotatable bonds is 16. The van der Waals surface area contributed by atoms with E-state index < -0.39 is 49.0 Å². The van der Waals surface area contributed by atoms with Crippen LogP contribution in [0.3, 0.4) is 0 Å². The highest BCUT2D eigenvalue weighted by Gasteiger charge is 2.27. The molecule has 0 aliphatic heterocycles. The average molecular weight is 749 g/mol. The SMILES string of the molecule is O=C(CNC(=O)c1cccc(NC(C(=O)O)c2cccc(F)c2)c1)OC(Cc1c(Cl)c[n+]([O-])cc1Cl)c1ccc(OC(F)F)c(OCC2CC2)c1. The number of anilines is 1. The molecule has 11 nitrogen and oxygen atoms in total. The van der Waals surface area contributed by atoms with Crippen LogP contribution in [-0.4, -0.2) is 42.7 Å². The summed E-state index contributed by atoms with van der Waals surface area (Å²) in [5, 5.41) is 26.7. The molecule has 0 spiro atoms. The molecule has 1 amide bonds. The number of aliphatic carboxylic acids is 1. The summed E-state index contributed by atoms with van der Waals surface area (Å²) < 4.78 is 56.5. The molecule has 1 aliphatic rings. The van der Waals surface area contributed by atoms with Gasteiger partial charge in [0.25, 0.3) is 5.91 Å². The van der Waals surface area contributed by atoms with E-state index in [0.717, 1.165) is 31.3 Å². The Morgan fingerprint density at radius 1 is 0.961 bits per heavy atom. The van der Waals surface area contributed by atoms with E-state index in [1.165, 1.54) is 60.7 Å². The number of nitrogens with zero attached hydrogens (tertiary/aromatic N) is 1. The normalized spacial score (nSPS) is 13.6. The topological polar surface area (TPSA) is 150 Å². The van der Waals surface area contributed by atoms with Crippen LogP contribution in [0.2, 0.25) is 10.0 Å². The fourth-order valence-corrected chi connectivity index (χ4v) is 5.61. The third kappa shape index (κ3) is 10.4. The zero-order chi connectivity index (χ0) is 36.7. The van der Waals surface area contributed by atoms with Crippen LogP contribution in [-0.2, 0) is 20.7 Å². The van der Waals surface area contributed by atoms with E-state index in [1.54, 1.807) is 0 Å². The predicted octanol–water partition coefficient (Wildman–Crippen LogP) is 6.65. The molecule has 3 aromatic carbocycles. The van der Waals surface area contributed by atoms with Gasteiger partial charge < -0.3 is 35.2 Å². The Balaban J connectivity index is 1.32. The smallest absolute Gasteiger partial charge is 0.387 e. The number of benzene rings is 3. The minimum atomic E-state index is -3.12. The van der Waals surface area contributed by atoms with Gasteiger partial charge in [0.15, 0.2) is 29.9 Å². The Labute approximate surface area is 299 Å². The summed E-state index contributed by atoms with van der Waals surface area (Å²) in [6.45, 7) is -3.49. The van der Waals surface area contributed by atoms with Crippen LogP contribution >= 0.6 is 23.2 Å². The molecule has 16 heteroatoms. The number of hydrogen-bond acceptors (Lipinski definition) is 8. The van der Waals surface area contributed by atoms with Crippen molar-refractivity contribution in [3.63, 3.8) is 0 Å². The molecule has 1 aromatic heterocycles. The van der Waals surface area contributed by atoms with Gasteiger partial charge in [-0.25, -0.2) is 9.18 Å². The number of nitrogens with one attached hydrogen (secondary N) is 2. The lowest BCUT2D eigenvalue weighted by molar-refractivity contribution is -0.605. The van der Waals surface area contributed by atoms with E-state index in [0.29, 0.717) is 4.73 Å². The molecule has 0 bridgehead atoms. The highest BCUT2D eigenvalue weighted by atomic mass is 35.5. The number of carbonyl (C=O) groups is 3. The lowest BCUT2D eigenvalue weighted by Gasteiger charge is -2.21. The Kier molecular flexibility index (Phi) is 12.1. The molecule has 0 saturated heterocycles. The largest absolute Gasteiger partial charge is 0.619 e. The number of aromatic nitrogens is 1. The molecule has 1 fully saturated rings. The number of hydrogen-bond donors (Lipinski definition) is 3. The van der Waals surface area contributed by atoms with Crippen LogP contribution in [0.4, 0.5) is 18.9 Å². The van der Waals surface area contributed by atoms with Gasteiger partial charge in [-0.3, -0.25) is 9.59 Å². The Morgan fingerprint density at radius 3 is 2.35 bits per heavy atom. The standard InChI is InChI=1S/C35H30Cl2F3N3O8/c36-26-16-43(48)17-27(37)25(26)14-29(20-9-10-28(51-35(39)40)30(13-20)49-18-19-7-8-19)50-31(44)15-41-33(45)22-4-2-6-24(12-22)42-32(34(46)47)21-3-1-5-23(38)11-21/h1-6,9-13,16-17,19,29,32,35,42H,7-8,14-15,18H2,(H,41,45)(H,46,47). The van der Waals surface area contributed by atoms with Crippen molar-refractivity contribution in [2.24, 2.45) is 5.92 Å². The van der Waals surface area contributed by atoms with Crippen molar-refractivity contribution < 1.29 is 51.6 Å². The van der Waals surface area contributed by atoms with Crippen molar-refractivity contribution in [3.8, 4) is 11.5 Å². The number of esters is 1. The highest BCUT2D eigenvalue weighted by Crippen LogP contribution is 2.38. The van der Waals surface area contributed by atoms with Gasteiger partial charge in [0.05, 0.1) is 6.61 Å². The molecular formula is C35H30Cl2F3N3O8. The predicted molar refractivity (Wildman–Crippen MR) is 178 cm³/mol. The highest BCUT2D eigenvalue weighted by molar-refractivity contribution is 6.35. The summed E-state index contributed by atoms with van der Waals surface area (Å²) in [6, 6.07) is 13.6. The fourth-order valence-electron chi connectivity index (χ4n) is 5.01. The van der Waals surface area contributed by atoms with E-state index in [-0.39, 0.29) is 68.4 Å². The monoisotopic (exact) mass is 747 g/mol. The Morgan fingerprint density at radius 2 is 1.69 bits per heavy atom. The molecule has 3 N–H and O–H groups in total. The number of ether oxygens (including phenoxy) is 3. The minimum Gasteiger partial charge on any atom is -0.619 e. The van der Waals surface area contributed by atoms with Crippen molar-refractivity contribution >= 4 is 46.7 Å². The third-order valence-electron chi connectivity index (χ3n) is 7.71. The van der Waals surface area contributed by atoms with Crippen LogP contribution in [0, 0.1) is 16.9 Å². The van der Waals surface area contributed by atoms with Crippen molar-refractivity contribution in [3.05, 3.63) is 122 Å². The molecule has 0 radical (unpaired) electrons. The fraction of sp³-hybridized carbons (Fsp3) is 0.257. The summed E-state index contributed by atoms with van der Waals surface area (Å²) in [6.07, 6.45) is 2.68. The van der Waals surface area contributed by atoms with Gasteiger partial charge >= 0.3 is 18.6 Å². The van der Waals surface area contributed by atoms with Crippen LogP contribution in [0.25, 0.3) is 0 Å². The number of carboxylic acids is 1. The molecule has 4 aromatic rings. The van der Waals surface area contributed by atoms with E-state index in [2.05, 4.69) is 15.4 Å². The van der Waals surface area contributed by atoms with Crippen molar-refractivity contribution in [2.75, 3.05) is 18.5 Å². The molecule has 2 atom stereocenters. The maximum Gasteiger partial charge on any atom is 0.387 e. The number of carbonyl (C=O) groups excluding carboxylic acids is 2. The molecule has 51 heavy (non-hydrogen) atoms. The molecule has 1 heterocycles. The van der Waals surface area contributed by atoms with Crippen LogP contribution in [0.1, 0.15) is 52.0 Å². The molecule has 5 rings (SSSR count). The first-order valence-corrected chi connectivity index (χ1v) is 16.2. The summed E-state index contributed by atoms with van der Waals surface area (Å²) >= 11 is 12.6. The lowest BCUT2D eigenvalue weighted by Crippen LogP contribution is -2.32. The zero-order valence-corrected chi connectivity index (χ0v) is 28.0. The number of carboxylic acid groups (broad SMARTS) is 1. The molecular weight excluding hydrogens is 718 g/mol. The first-order valence-electron chi connectivity index (χ1n) is 15.5. The van der Waals surface area contributed by atoms with Gasteiger partial charge in [-0.1, -0.05) is 47.5 Å². The number of amides is 1. The van der Waals surface area contributed by atoms with Crippen molar-refractivity contribution in [1.82, 2.24) is 5.32 Å². The first kappa shape index (κ1) is 37.1. The summed E-state index contributed by atoms with van der Waals surface area (Å²) in [4.78, 5) is 38.1. The quantitative estimate of drug-likeness (QED) is 0.0651. The summed E-state index contributed by atoms with van der Waals surface area (Å²) in [5.74, 6) is -3.47. The van der Waals surface area contributed by atoms with Gasteiger partial charge in [0, 0.05) is 23.2 Å². The Bertz CT molecular complexity index is 1890. The minimum absolute atomic E-state index is 0.00673. The van der Waals surface area contributed by atoms with Gasteiger partial charge in [-0.15, -0.1) is 0 Å². The van der Waals surface area contributed by atoms with Crippen LogP contribution < -0.4 is 24.8 Å². The van der Waals surface area contributed by atoms with Gasteiger partial charge in [-0.05, 0) is 72.4 Å². The van der Waals surface area contributed by atoms with Crippen molar-refractivity contribution in [1.29, 1.82) is 0 Å².